The van der Waals surface area contributed by atoms with Crippen molar-refractivity contribution < 1.29 is 0 Å². The fourth-order valence-corrected chi connectivity index (χ4v) is 3.17. The molecule has 19 heavy (non-hydrogen) atoms. The number of hydrogen-bond acceptors (Lipinski definition) is 0. The molecule has 0 radical (unpaired) electrons. The molecule has 0 aromatic heterocycles. The normalized spacial score (nSPS) is 14.7. The highest BCUT2D eigenvalue weighted by atomic mass is 35.5. The summed E-state index contributed by atoms with van der Waals surface area (Å²) in [7, 11) is 0. The highest BCUT2D eigenvalue weighted by Crippen LogP contribution is 2.38. The first kappa shape index (κ1) is 16.6. The molecule has 0 saturated heterocycles. The lowest BCUT2D eigenvalue weighted by molar-refractivity contribution is 0.404. The predicted octanol–water partition coefficient (Wildman–Crippen LogP) is 5.95. The molecule has 1 aromatic carbocycles. The zero-order chi connectivity index (χ0) is 14.6. The maximum Gasteiger partial charge on any atom is 0.0618 e. The van der Waals surface area contributed by atoms with Crippen molar-refractivity contribution in [1.29, 1.82) is 0 Å². The SMILES string of the molecule is CCc1cc(CC)c(C(Cl)C(C)C(C)C)c(CC)c1. The molecule has 0 N–H and O–H groups in total. The molecule has 0 aliphatic carbocycles. The third kappa shape index (κ3) is 3.75. The Kier molecular flexibility index (Phi) is 6.39. The van der Waals surface area contributed by atoms with Crippen LogP contribution in [0.25, 0.3) is 0 Å². The Bertz CT molecular complexity index is 381. The van der Waals surface area contributed by atoms with Crippen molar-refractivity contribution in [1.82, 2.24) is 0 Å². The minimum absolute atomic E-state index is 0.135. The summed E-state index contributed by atoms with van der Waals surface area (Å²) in [5.74, 6) is 1.12. The average Bonchev–Trinajstić information content (AvgIpc) is 2.43. The largest absolute Gasteiger partial charge is 0.118 e. The van der Waals surface area contributed by atoms with Crippen molar-refractivity contribution >= 4 is 11.6 Å². The molecule has 0 nitrogen and oxygen atoms in total. The fraction of sp³-hybridized carbons (Fsp3) is 0.667. The van der Waals surface area contributed by atoms with Gasteiger partial charge < -0.3 is 0 Å². The van der Waals surface area contributed by atoms with Gasteiger partial charge in [0.25, 0.3) is 0 Å². The van der Waals surface area contributed by atoms with Crippen LogP contribution < -0.4 is 0 Å². The first-order chi connectivity index (χ1) is 8.96. The Labute approximate surface area is 124 Å². The van der Waals surface area contributed by atoms with Gasteiger partial charge in [0.05, 0.1) is 5.38 Å². The molecule has 1 rings (SSSR count). The highest BCUT2D eigenvalue weighted by Gasteiger charge is 2.24. The zero-order valence-electron chi connectivity index (χ0n) is 13.4. The summed E-state index contributed by atoms with van der Waals surface area (Å²) < 4.78 is 0. The Morgan fingerprint density at radius 1 is 0.895 bits per heavy atom. The third-order valence-electron chi connectivity index (χ3n) is 4.37. The summed E-state index contributed by atoms with van der Waals surface area (Å²) in [6, 6.07) is 4.72. The molecular weight excluding hydrogens is 252 g/mol. The molecule has 0 saturated carbocycles. The lowest BCUT2D eigenvalue weighted by atomic mass is 9.84. The van der Waals surface area contributed by atoms with Gasteiger partial charge in [-0.1, -0.05) is 53.7 Å². The van der Waals surface area contributed by atoms with Gasteiger partial charge in [-0.05, 0) is 53.4 Å². The van der Waals surface area contributed by atoms with Crippen molar-refractivity contribution in [2.45, 2.75) is 66.2 Å². The van der Waals surface area contributed by atoms with Gasteiger partial charge in [0, 0.05) is 0 Å². The molecule has 0 aliphatic heterocycles. The van der Waals surface area contributed by atoms with Crippen LogP contribution in [0, 0.1) is 11.8 Å². The number of halogens is 1. The van der Waals surface area contributed by atoms with Gasteiger partial charge in [0.2, 0.25) is 0 Å². The minimum Gasteiger partial charge on any atom is -0.118 e. The molecule has 0 fully saturated rings. The Morgan fingerprint density at radius 3 is 1.68 bits per heavy atom. The summed E-state index contributed by atoms with van der Waals surface area (Å²) in [5.41, 5.74) is 5.75. The minimum atomic E-state index is 0.135. The quantitative estimate of drug-likeness (QED) is 0.565. The average molecular weight is 281 g/mol. The smallest absolute Gasteiger partial charge is 0.0618 e. The first-order valence-electron chi connectivity index (χ1n) is 7.74. The van der Waals surface area contributed by atoms with Gasteiger partial charge in [-0.25, -0.2) is 0 Å². The van der Waals surface area contributed by atoms with Gasteiger partial charge in [0.1, 0.15) is 0 Å². The molecule has 2 atom stereocenters. The molecule has 2 unspecified atom stereocenters. The second-order valence-electron chi connectivity index (χ2n) is 5.89. The summed E-state index contributed by atoms with van der Waals surface area (Å²) >= 11 is 6.82. The molecule has 108 valence electrons. The molecular formula is C18H29Cl. The maximum atomic E-state index is 6.82. The van der Waals surface area contributed by atoms with Crippen LogP contribution in [0.3, 0.4) is 0 Å². The van der Waals surface area contributed by atoms with Crippen molar-refractivity contribution in [3.05, 3.63) is 34.4 Å². The number of benzene rings is 1. The van der Waals surface area contributed by atoms with E-state index in [2.05, 4.69) is 53.7 Å². The number of hydrogen-bond donors (Lipinski definition) is 0. The van der Waals surface area contributed by atoms with Crippen LogP contribution >= 0.6 is 11.6 Å². The summed E-state index contributed by atoms with van der Waals surface area (Å²) in [6.07, 6.45) is 3.25. The lowest BCUT2D eigenvalue weighted by Gasteiger charge is -2.26. The molecule has 0 heterocycles. The fourth-order valence-electron chi connectivity index (χ4n) is 2.60. The molecule has 0 aliphatic rings. The first-order valence-corrected chi connectivity index (χ1v) is 8.18. The number of alkyl halides is 1. The van der Waals surface area contributed by atoms with E-state index in [1.165, 1.54) is 22.3 Å². The lowest BCUT2D eigenvalue weighted by Crippen LogP contribution is -2.14. The Balaban J connectivity index is 3.31. The molecule has 1 heteroatoms. The van der Waals surface area contributed by atoms with E-state index in [-0.39, 0.29) is 5.38 Å². The molecule has 0 amide bonds. The van der Waals surface area contributed by atoms with Crippen LogP contribution in [0.4, 0.5) is 0 Å². The Hall–Kier alpha value is -0.490. The molecule has 0 bridgehead atoms. The van der Waals surface area contributed by atoms with Crippen LogP contribution in [0.2, 0.25) is 0 Å². The van der Waals surface area contributed by atoms with E-state index >= 15 is 0 Å². The second kappa shape index (κ2) is 7.33. The van der Waals surface area contributed by atoms with Crippen molar-refractivity contribution in [2.75, 3.05) is 0 Å². The van der Waals surface area contributed by atoms with E-state index < -0.39 is 0 Å². The van der Waals surface area contributed by atoms with Crippen LogP contribution in [-0.4, -0.2) is 0 Å². The standard InChI is InChI=1S/C18H29Cl/c1-7-14-10-15(8-2)17(16(9-3)11-14)18(19)13(6)12(4)5/h10-13,18H,7-9H2,1-6H3. The summed E-state index contributed by atoms with van der Waals surface area (Å²) in [5, 5.41) is 0.135. The van der Waals surface area contributed by atoms with Crippen molar-refractivity contribution in [3.63, 3.8) is 0 Å². The predicted molar refractivity (Wildman–Crippen MR) is 87.2 cm³/mol. The number of rotatable bonds is 6. The van der Waals surface area contributed by atoms with E-state index in [0.717, 1.165) is 19.3 Å². The van der Waals surface area contributed by atoms with Gasteiger partial charge in [-0.2, -0.15) is 0 Å². The van der Waals surface area contributed by atoms with Crippen LogP contribution in [0.5, 0.6) is 0 Å². The van der Waals surface area contributed by atoms with Gasteiger partial charge in [-0.3, -0.25) is 0 Å². The summed E-state index contributed by atoms with van der Waals surface area (Å²) in [4.78, 5) is 0. The van der Waals surface area contributed by atoms with E-state index in [0.29, 0.717) is 11.8 Å². The van der Waals surface area contributed by atoms with Crippen molar-refractivity contribution in [3.8, 4) is 0 Å². The highest BCUT2D eigenvalue weighted by molar-refractivity contribution is 6.21. The second-order valence-corrected chi connectivity index (χ2v) is 6.36. The zero-order valence-corrected chi connectivity index (χ0v) is 14.1. The topological polar surface area (TPSA) is 0 Å². The van der Waals surface area contributed by atoms with Crippen LogP contribution in [-0.2, 0) is 19.3 Å². The van der Waals surface area contributed by atoms with Crippen LogP contribution in [0.15, 0.2) is 12.1 Å². The van der Waals surface area contributed by atoms with Gasteiger partial charge >= 0.3 is 0 Å². The maximum absolute atomic E-state index is 6.82. The number of aryl methyl sites for hydroxylation is 3. The van der Waals surface area contributed by atoms with Gasteiger partial charge in [0.15, 0.2) is 0 Å². The monoisotopic (exact) mass is 280 g/mol. The van der Waals surface area contributed by atoms with Gasteiger partial charge in [-0.15, -0.1) is 11.6 Å². The van der Waals surface area contributed by atoms with Crippen molar-refractivity contribution in [2.24, 2.45) is 11.8 Å². The third-order valence-corrected chi connectivity index (χ3v) is 4.99. The molecule has 1 aromatic rings. The summed E-state index contributed by atoms with van der Waals surface area (Å²) in [6.45, 7) is 13.5. The van der Waals surface area contributed by atoms with E-state index in [9.17, 15) is 0 Å². The van der Waals surface area contributed by atoms with E-state index in [1.54, 1.807) is 0 Å². The molecule has 0 spiro atoms. The van der Waals surface area contributed by atoms with E-state index in [1.807, 2.05) is 0 Å². The Morgan fingerprint density at radius 2 is 1.37 bits per heavy atom. The van der Waals surface area contributed by atoms with Crippen LogP contribution in [0.1, 0.15) is 69.2 Å². The van der Waals surface area contributed by atoms with E-state index in [4.69, 9.17) is 11.6 Å².